The first-order chi connectivity index (χ1) is 7.62. The molecule has 5 heteroatoms. The van der Waals surface area contributed by atoms with Crippen molar-refractivity contribution < 1.29 is 8.39 Å². The van der Waals surface area contributed by atoms with Gasteiger partial charge in [-0.1, -0.05) is 44.9 Å². The van der Waals surface area contributed by atoms with E-state index in [1.54, 1.807) is 0 Å². The largest absolute Gasteiger partial charge is 0.677 e. The predicted octanol–water partition coefficient (Wildman–Crippen LogP) is 3.47. The summed E-state index contributed by atoms with van der Waals surface area (Å²) in [4.78, 5) is 0. The fourth-order valence-electron chi connectivity index (χ4n) is 1.55. The summed E-state index contributed by atoms with van der Waals surface area (Å²) < 4.78 is 16.1. The van der Waals surface area contributed by atoms with E-state index in [0.717, 1.165) is 19.3 Å². The second-order valence-electron chi connectivity index (χ2n) is 4.01. The molecule has 0 amide bonds. The van der Waals surface area contributed by atoms with Crippen molar-refractivity contribution in [3.05, 3.63) is 5.73 Å². The highest BCUT2D eigenvalue weighted by Gasteiger charge is 2.02. The van der Waals surface area contributed by atoms with Crippen LogP contribution in [0.5, 0.6) is 0 Å². The molecule has 0 aliphatic rings. The molecular formula is C11H24NO2S2-. The van der Waals surface area contributed by atoms with E-state index >= 15 is 0 Å². The van der Waals surface area contributed by atoms with E-state index in [1.165, 1.54) is 39.2 Å². The summed E-state index contributed by atoms with van der Waals surface area (Å²) in [5, 5.41) is 0. The van der Waals surface area contributed by atoms with Gasteiger partial charge in [-0.15, -0.1) is 0 Å². The minimum absolute atomic E-state index is 0.512. The molecule has 0 aromatic carbocycles. The van der Waals surface area contributed by atoms with Gasteiger partial charge in [0.05, 0.1) is 12.9 Å². The monoisotopic (exact) mass is 266 g/mol. The van der Waals surface area contributed by atoms with E-state index in [4.69, 9.17) is 21.1 Å². The molecule has 0 fully saturated rings. The molecule has 0 aromatic rings. The Labute approximate surface area is 105 Å². The van der Waals surface area contributed by atoms with Gasteiger partial charge in [-0.25, -0.2) is 4.21 Å². The highest BCUT2D eigenvalue weighted by molar-refractivity contribution is 8.30. The number of unbranched alkanes of at least 4 members (excludes halogenated alkanes) is 7. The lowest BCUT2D eigenvalue weighted by atomic mass is 10.1. The molecule has 0 spiro atoms. The van der Waals surface area contributed by atoms with Crippen molar-refractivity contribution in [2.75, 3.05) is 19.4 Å². The third-order valence-corrected chi connectivity index (χ3v) is 4.78. The zero-order valence-corrected chi connectivity index (χ0v) is 11.8. The number of nitrogens with one attached hydrogen (secondary N) is 1. The summed E-state index contributed by atoms with van der Waals surface area (Å²) in [6, 6.07) is 0. The highest BCUT2D eigenvalue weighted by atomic mass is 32.8. The van der Waals surface area contributed by atoms with Crippen LogP contribution in [0.1, 0.15) is 51.4 Å². The highest BCUT2D eigenvalue weighted by Crippen LogP contribution is 2.09. The zero-order valence-electron chi connectivity index (χ0n) is 10.2. The molecule has 0 radical (unpaired) electrons. The summed E-state index contributed by atoms with van der Waals surface area (Å²) >= 11 is 4.78. The normalized spacial score (nSPS) is 14.9. The molecule has 0 saturated heterocycles. The van der Waals surface area contributed by atoms with Crippen molar-refractivity contribution >= 4 is 20.0 Å². The lowest BCUT2D eigenvalue weighted by Crippen LogP contribution is -2.05. The van der Waals surface area contributed by atoms with Crippen LogP contribution in [0, 0.1) is 0 Å². The predicted molar refractivity (Wildman–Crippen MR) is 73.5 cm³/mol. The topological polar surface area (TPSA) is 50.1 Å². The summed E-state index contributed by atoms with van der Waals surface area (Å²) in [7, 11) is -0.993. The second kappa shape index (κ2) is 10.4. The van der Waals surface area contributed by atoms with E-state index in [9.17, 15) is 4.21 Å². The molecule has 98 valence electrons. The SMILES string of the molecule is COS(=O)(=S)CCCCCCCCCC[NH-]. The standard InChI is InChI=1S/C11H24NO2S2/c1-14-16(13,15)11-9-7-5-3-2-4-6-8-10-12/h12H,2-11H2,1H3/q-1. The third-order valence-electron chi connectivity index (χ3n) is 2.58. The maximum Gasteiger partial charge on any atom is 0.143 e. The van der Waals surface area contributed by atoms with Gasteiger partial charge in [0.1, 0.15) is 8.77 Å². The van der Waals surface area contributed by atoms with E-state index in [2.05, 4.69) is 0 Å². The molecular weight excluding hydrogens is 242 g/mol. The van der Waals surface area contributed by atoms with Crippen molar-refractivity contribution in [1.82, 2.24) is 0 Å². The minimum atomic E-state index is -2.41. The Morgan fingerprint density at radius 2 is 1.44 bits per heavy atom. The average molecular weight is 266 g/mol. The summed E-state index contributed by atoms with van der Waals surface area (Å²) in [5.74, 6) is 0.512. The fraction of sp³-hybridized carbons (Fsp3) is 1.00. The van der Waals surface area contributed by atoms with Crippen molar-refractivity contribution in [3.8, 4) is 0 Å². The first kappa shape index (κ1) is 16.3. The Hall–Kier alpha value is 0.290. The molecule has 1 atom stereocenters. The van der Waals surface area contributed by atoms with Gasteiger partial charge < -0.3 is 5.73 Å². The summed E-state index contributed by atoms with van der Waals surface area (Å²) in [6.07, 6.45) is 9.15. The lowest BCUT2D eigenvalue weighted by molar-refractivity contribution is 0.441. The molecule has 0 heterocycles. The molecule has 0 aromatic heterocycles. The van der Waals surface area contributed by atoms with Crippen molar-refractivity contribution in [3.63, 3.8) is 0 Å². The molecule has 0 bridgehead atoms. The first-order valence-corrected chi connectivity index (χ1v) is 8.63. The average Bonchev–Trinajstić information content (AvgIpc) is 2.27. The van der Waals surface area contributed by atoms with Gasteiger partial charge in [-0.05, 0) is 6.42 Å². The molecule has 16 heavy (non-hydrogen) atoms. The van der Waals surface area contributed by atoms with Gasteiger partial charge in [0.25, 0.3) is 0 Å². The fourth-order valence-corrected chi connectivity index (χ4v) is 2.63. The van der Waals surface area contributed by atoms with Gasteiger partial charge in [-0.2, -0.15) is 6.54 Å². The van der Waals surface area contributed by atoms with Crippen LogP contribution in [0.2, 0.25) is 0 Å². The van der Waals surface area contributed by atoms with Gasteiger partial charge in [0.15, 0.2) is 0 Å². The van der Waals surface area contributed by atoms with Crippen molar-refractivity contribution in [2.24, 2.45) is 0 Å². The molecule has 1 unspecified atom stereocenters. The molecule has 0 rings (SSSR count). The smallest absolute Gasteiger partial charge is 0.143 e. The van der Waals surface area contributed by atoms with Gasteiger partial charge in [-0.3, -0.25) is 4.18 Å². The van der Waals surface area contributed by atoms with E-state index in [0.29, 0.717) is 12.3 Å². The van der Waals surface area contributed by atoms with Crippen LogP contribution < -0.4 is 0 Å². The number of hydrogen-bond donors (Lipinski definition) is 0. The Balaban J connectivity index is 3.16. The van der Waals surface area contributed by atoms with Crippen LogP contribution in [-0.2, 0) is 24.1 Å². The Bertz CT molecular complexity index is 240. The van der Waals surface area contributed by atoms with Crippen LogP contribution in [0.3, 0.4) is 0 Å². The van der Waals surface area contributed by atoms with Crippen LogP contribution in [0.15, 0.2) is 0 Å². The number of hydrogen-bond acceptors (Lipinski definition) is 3. The van der Waals surface area contributed by atoms with Crippen LogP contribution >= 0.6 is 0 Å². The van der Waals surface area contributed by atoms with E-state index < -0.39 is 8.77 Å². The summed E-state index contributed by atoms with van der Waals surface area (Å²) in [5.41, 5.74) is 7.00. The Kier molecular flexibility index (Phi) is 10.6. The van der Waals surface area contributed by atoms with Crippen molar-refractivity contribution in [2.45, 2.75) is 51.4 Å². The molecule has 0 saturated carbocycles. The Morgan fingerprint density at radius 3 is 1.88 bits per heavy atom. The molecule has 3 nitrogen and oxygen atoms in total. The third kappa shape index (κ3) is 10.8. The maximum absolute atomic E-state index is 11.3. The van der Waals surface area contributed by atoms with Gasteiger partial charge in [0, 0.05) is 11.2 Å². The molecule has 0 aliphatic carbocycles. The summed E-state index contributed by atoms with van der Waals surface area (Å²) in [6.45, 7) is 0.560. The Morgan fingerprint density at radius 1 is 1.00 bits per heavy atom. The van der Waals surface area contributed by atoms with Gasteiger partial charge >= 0.3 is 0 Å². The van der Waals surface area contributed by atoms with E-state index in [1.807, 2.05) is 0 Å². The molecule has 1 N–H and O–H groups in total. The molecule has 0 aliphatic heterocycles. The number of rotatable bonds is 11. The quantitative estimate of drug-likeness (QED) is 0.538. The minimum Gasteiger partial charge on any atom is -0.677 e. The van der Waals surface area contributed by atoms with Crippen LogP contribution in [0.25, 0.3) is 5.73 Å². The van der Waals surface area contributed by atoms with Crippen LogP contribution in [-0.4, -0.2) is 23.6 Å². The zero-order chi connectivity index (χ0) is 12.3. The van der Waals surface area contributed by atoms with E-state index in [-0.39, 0.29) is 0 Å². The second-order valence-corrected chi connectivity index (χ2v) is 7.39. The maximum atomic E-state index is 11.3. The van der Waals surface area contributed by atoms with Crippen molar-refractivity contribution in [1.29, 1.82) is 0 Å². The van der Waals surface area contributed by atoms with Crippen LogP contribution in [0.4, 0.5) is 0 Å². The van der Waals surface area contributed by atoms with Gasteiger partial charge in [0.2, 0.25) is 0 Å². The first-order valence-electron chi connectivity index (χ1n) is 6.05. The lowest BCUT2D eigenvalue weighted by Gasteiger charge is -2.04.